The summed E-state index contributed by atoms with van der Waals surface area (Å²) in [6, 6.07) is -0.783. The van der Waals surface area contributed by atoms with Crippen LogP contribution in [0.1, 0.15) is 35.9 Å². The Kier molecular flexibility index (Phi) is 4.08. The zero-order valence-corrected chi connectivity index (χ0v) is 11.9. The first-order chi connectivity index (χ1) is 9.43. The molecule has 1 unspecified atom stereocenters. The first kappa shape index (κ1) is 14.5. The van der Waals surface area contributed by atoms with Crippen LogP contribution in [0.25, 0.3) is 0 Å². The number of carbonyl (C=O) groups is 2. The highest BCUT2D eigenvalue weighted by Gasteiger charge is 2.34. The molecule has 7 heteroatoms. The number of aliphatic carboxylic acids is 1. The Morgan fingerprint density at radius 3 is 2.75 bits per heavy atom. The van der Waals surface area contributed by atoms with Crippen LogP contribution in [-0.4, -0.2) is 57.5 Å². The first-order valence-corrected chi connectivity index (χ1v) is 6.59. The van der Waals surface area contributed by atoms with Gasteiger partial charge >= 0.3 is 5.97 Å². The van der Waals surface area contributed by atoms with Gasteiger partial charge in [0.2, 0.25) is 0 Å². The smallest absolute Gasteiger partial charge is 0.328 e. The largest absolute Gasteiger partial charge is 0.480 e. The highest BCUT2D eigenvalue weighted by molar-refractivity contribution is 5.97. The fourth-order valence-corrected chi connectivity index (χ4v) is 2.36. The Morgan fingerprint density at radius 2 is 2.20 bits per heavy atom. The molecule has 1 aliphatic rings. The summed E-state index contributed by atoms with van der Waals surface area (Å²) < 4.78 is 6.89. The lowest BCUT2D eigenvalue weighted by atomic mass is 10.1. The molecule has 20 heavy (non-hydrogen) atoms. The molecule has 7 nitrogen and oxygen atoms in total. The van der Waals surface area contributed by atoms with Crippen molar-refractivity contribution >= 4 is 11.9 Å². The van der Waals surface area contributed by atoms with Crippen molar-refractivity contribution in [3.63, 3.8) is 0 Å². The van der Waals surface area contributed by atoms with Crippen LogP contribution >= 0.6 is 0 Å². The summed E-state index contributed by atoms with van der Waals surface area (Å²) in [5.74, 6) is -1.35. The van der Waals surface area contributed by atoms with Gasteiger partial charge in [-0.15, -0.1) is 0 Å². The predicted molar refractivity (Wildman–Crippen MR) is 70.6 cm³/mol. The van der Waals surface area contributed by atoms with Crippen molar-refractivity contribution < 1.29 is 19.4 Å². The summed E-state index contributed by atoms with van der Waals surface area (Å²) in [5, 5.41) is 13.4. The number of carboxylic acid groups (broad SMARTS) is 1. The number of rotatable bonds is 3. The molecule has 1 aromatic heterocycles. The van der Waals surface area contributed by atoms with Crippen molar-refractivity contribution in [1.82, 2.24) is 14.7 Å². The number of ether oxygens (including phenoxy) is 1. The van der Waals surface area contributed by atoms with Crippen molar-refractivity contribution in [3.05, 3.63) is 17.5 Å². The van der Waals surface area contributed by atoms with E-state index in [4.69, 9.17) is 4.74 Å². The van der Waals surface area contributed by atoms with Gasteiger partial charge in [-0.1, -0.05) is 0 Å². The third-order valence-electron chi connectivity index (χ3n) is 3.44. The van der Waals surface area contributed by atoms with Gasteiger partial charge in [0.05, 0.1) is 25.0 Å². The normalized spacial score (nSPS) is 19.4. The zero-order chi connectivity index (χ0) is 14.9. The van der Waals surface area contributed by atoms with E-state index in [0.717, 1.165) is 5.69 Å². The van der Waals surface area contributed by atoms with Crippen molar-refractivity contribution in [3.8, 4) is 0 Å². The molecule has 1 amide bonds. The van der Waals surface area contributed by atoms with Gasteiger partial charge in [0, 0.05) is 18.3 Å². The Hall–Kier alpha value is -1.89. The summed E-state index contributed by atoms with van der Waals surface area (Å²) in [7, 11) is 0. The minimum Gasteiger partial charge on any atom is -0.480 e. The molecule has 0 aliphatic carbocycles. The molecule has 0 radical (unpaired) electrons. The summed E-state index contributed by atoms with van der Waals surface area (Å²) >= 11 is 0. The maximum atomic E-state index is 12.5. The Balaban J connectivity index is 2.28. The van der Waals surface area contributed by atoms with E-state index in [1.165, 1.54) is 11.1 Å². The van der Waals surface area contributed by atoms with Gasteiger partial charge in [-0.2, -0.15) is 5.10 Å². The molecule has 1 N–H and O–H groups in total. The van der Waals surface area contributed by atoms with Crippen LogP contribution in [0.5, 0.6) is 0 Å². The van der Waals surface area contributed by atoms with Crippen LogP contribution in [0.4, 0.5) is 0 Å². The van der Waals surface area contributed by atoms with E-state index in [0.29, 0.717) is 12.2 Å². The van der Waals surface area contributed by atoms with Crippen LogP contribution in [0.15, 0.2) is 6.20 Å². The van der Waals surface area contributed by atoms with Gasteiger partial charge < -0.3 is 14.7 Å². The van der Waals surface area contributed by atoms with E-state index in [9.17, 15) is 14.7 Å². The second-order valence-electron chi connectivity index (χ2n) is 5.11. The van der Waals surface area contributed by atoms with E-state index in [2.05, 4.69) is 5.10 Å². The molecule has 1 fully saturated rings. The molecule has 1 aliphatic heterocycles. The van der Waals surface area contributed by atoms with E-state index >= 15 is 0 Å². The second kappa shape index (κ2) is 5.62. The van der Waals surface area contributed by atoms with Crippen molar-refractivity contribution in [2.24, 2.45) is 0 Å². The molecule has 2 heterocycles. The Labute approximate surface area is 117 Å². The maximum Gasteiger partial charge on any atom is 0.328 e. The molecule has 0 aromatic carbocycles. The van der Waals surface area contributed by atoms with Crippen molar-refractivity contribution in [2.45, 2.75) is 32.9 Å². The second-order valence-corrected chi connectivity index (χ2v) is 5.11. The Morgan fingerprint density at radius 1 is 1.50 bits per heavy atom. The van der Waals surface area contributed by atoms with Crippen LogP contribution < -0.4 is 0 Å². The highest BCUT2D eigenvalue weighted by atomic mass is 16.5. The zero-order valence-electron chi connectivity index (χ0n) is 11.9. The van der Waals surface area contributed by atoms with Gasteiger partial charge in [-0.3, -0.25) is 9.48 Å². The number of carbonyl (C=O) groups excluding carboxylic acids is 1. The summed E-state index contributed by atoms with van der Waals surface area (Å²) in [4.78, 5) is 25.1. The molecule has 1 saturated heterocycles. The lowest BCUT2D eigenvalue weighted by molar-refractivity contribution is -0.147. The van der Waals surface area contributed by atoms with Crippen LogP contribution in [-0.2, 0) is 9.53 Å². The number of nitrogens with zero attached hydrogens (tertiary/aromatic N) is 3. The molecule has 0 saturated carbocycles. The number of amides is 1. The van der Waals surface area contributed by atoms with E-state index in [1.807, 2.05) is 20.8 Å². The summed E-state index contributed by atoms with van der Waals surface area (Å²) in [6.07, 6.45) is 1.51. The summed E-state index contributed by atoms with van der Waals surface area (Å²) in [5.41, 5.74) is 1.20. The fourth-order valence-electron chi connectivity index (χ4n) is 2.36. The SMILES string of the molecule is Cc1c(C(=O)N2CCOCC2C(=O)O)cnn1C(C)C. The summed E-state index contributed by atoms with van der Waals surface area (Å²) in [6.45, 7) is 6.43. The highest BCUT2D eigenvalue weighted by Crippen LogP contribution is 2.18. The lowest BCUT2D eigenvalue weighted by Crippen LogP contribution is -2.52. The molecule has 110 valence electrons. The topological polar surface area (TPSA) is 84.7 Å². The number of aromatic nitrogens is 2. The molecular formula is C13H19N3O4. The quantitative estimate of drug-likeness (QED) is 0.881. The Bertz CT molecular complexity index is 524. The van der Waals surface area contributed by atoms with E-state index in [-0.39, 0.29) is 25.1 Å². The number of hydrogen-bond acceptors (Lipinski definition) is 4. The number of hydrogen-bond donors (Lipinski definition) is 1. The van der Waals surface area contributed by atoms with Gasteiger partial charge in [0.25, 0.3) is 5.91 Å². The molecule has 1 aromatic rings. The maximum absolute atomic E-state index is 12.5. The standard InChI is InChI=1S/C13H19N3O4/c1-8(2)16-9(3)10(6-14-16)12(17)15-4-5-20-7-11(15)13(18)19/h6,8,11H,4-5,7H2,1-3H3,(H,18,19). The first-order valence-electron chi connectivity index (χ1n) is 6.59. The van der Waals surface area contributed by atoms with Crippen LogP contribution in [0.3, 0.4) is 0 Å². The monoisotopic (exact) mass is 281 g/mol. The van der Waals surface area contributed by atoms with Gasteiger partial charge in [0.1, 0.15) is 0 Å². The predicted octanol–water partition coefficient (Wildman–Crippen LogP) is 0.698. The van der Waals surface area contributed by atoms with Gasteiger partial charge in [-0.25, -0.2) is 4.79 Å². The van der Waals surface area contributed by atoms with E-state index in [1.54, 1.807) is 4.68 Å². The average molecular weight is 281 g/mol. The van der Waals surface area contributed by atoms with Crippen molar-refractivity contribution in [1.29, 1.82) is 0 Å². The van der Waals surface area contributed by atoms with E-state index < -0.39 is 12.0 Å². The van der Waals surface area contributed by atoms with Gasteiger partial charge in [0.15, 0.2) is 6.04 Å². The number of morpholine rings is 1. The molecule has 1 atom stereocenters. The lowest BCUT2D eigenvalue weighted by Gasteiger charge is -2.32. The minimum absolute atomic E-state index is 0.0262. The average Bonchev–Trinajstić information content (AvgIpc) is 2.79. The molecule has 0 spiro atoms. The number of carboxylic acids is 1. The molecular weight excluding hydrogens is 262 g/mol. The van der Waals surface area contributed by atoms with Crippen LogP contribution in [0.2, 0.25) is 0 Å². The third-order valence-corrected chi connectivity index (χ3v) is 3.44. The fraction of sp³-hybridized carbons (Fsp3) is 0.615. The minimum atomic E-state index is -1.05. The van der Waals surface area contributed by atoms with Crippen molar-refractivity contribution in [2.75, 3.05) is 19.8 Å². The van der Waals surface area contributed by atoms with Gasteiger partial charge in [-0.05, 0) is 20.8 Å². The molecule has 2 rings (SSSR count). The van der Waals surface area contributed by atoms with Crippen LogP contribution in [0, 0.1) is 6.92 Å². The third kappa shape index (κ3) is 2.53. The molecule has 0 bridgehead atoms.